The first-order valence-electron chi connectivity index (χ1n) is 6.72. The van der Waals surface area contributed by atoms with Gasteiger partial charge in [-0.1, -0.05) is 0 Å². The highest BCUT2D eigenvalue weighted by atomic mass is 79.9. The standard InChI is InChI=1S/C14H24BrN3O2/c1-14(2,3)20-13(19)18(8-10-4-5-10)9-11(16)6-7-12(15)17/h6-7,10H,4-5,8-9,16-17H2,1-3H3/b11-6-,12-7-. The van der Waals surface area contributed by atoms with E-state index in [1.165, 1.54) is 0 Å². The minimum absolute atomic E-state index is 0.323. The Bertz CT molecular complexity index is 405. The molecule has 0 aromatic heterocycles. The van der Waals surface area contributed by atoms with Gasteiger partial charge in [0, 0.05) is 12.2 Å². The molecule has 0 spiro atoms. The highest BCUT2D eigenvalue weighted by Crippen LogP contribution is 2.30. The van der Waals surface area contributed by atoms with Crippen LogP contribution in [0.3, 0.4) is 0 Å². The molecule has 5 nitrogen and oxygen atoms in total. The van der Waals surface area contributed by atoms with E-state index in [0.29, 0.717) is 29.3 Å². The molecule has 20 heavy (non-hydrogen) atoms. The van der Waals surface area contributed by atoms with Gasteiger partial charge in [0.25, 0.3) is 0 Å². The number of ether oxygens (including phenoxy) is 1. The molecule has 0 radical (unpaired) electrons. The number of hydrogen-bond donors (Lipinski definition) is 2. The fourth-order valence-electron chi connectivity index (χ4n) is 1.60. The van der Waals surface area contributed by atoms with E-state index in [9.17, 15) is 4.79 Å². The second-order valence-electron chi connectivity index (χ2n) is 6.10. The topological polar surface area (TPSA) is 81.6 Å². The molecule has 0 heterocycles. The van der Waals surface area contributed by atoms with Gasteiger partial charge in [-0.3, -0.25) is 0 Å². The van der Waals surface area contributed by atoms with Crippen LogP contribution < -0.4 is 11.5 Å². The lowest BCUT2D eigenvalue weighted by molar-refractivity contribution is 0.0258. The lowest BCUT2D eigenvalue weighted by Crippen LogP contribution is -2.40. The van der Waals surface area contributed by atoms with Gasteiger partial charge in [0.15, 0.2) is 0 Å². The van der Waals surface area contributed by atoms with Crippen molar-refractivity contribution < 1.29 is 9.53 Å². The minimum atomic E-state index is -0.502. The summed E-state index contributed by atoms with van der Waals surface area (Å²) in [5.41, 5.74) is 11.5. The van der Waals surface area contributed by atoms with Crippen molar-refractivity contribution in [2.45, 2.75) is 39.2 Å². The van der Waals surface area contributed by atoms with Gasteiger partial charge in [-0.2, -0.15) is 0 Å². The second kappa shape index (κ2) is 7.02. The van der Waals surface area contributed by atoms with E-state index in [1.807, 2.05) is 20.8 Å². The molecular weight excluding hydrogens is 322 g/mol. The summed E-state index contributed by atoms with van der Waals surface area (Å²) in [7, 11) is 0. The maximum Gasteiger partial charge on any atom is 0.410 e. The molecule has 0 unspecified atom stereocenters. The second-order valence-corrected chi connectivity index (χ2v) is 7.01. The first-order chi connectivity index (χ1) is 9.17. The molecule has 1 rings (SSSR count). The zero-order chi connectivity index (χ0) is 15.3. The molecule has 0 aliphatic heterocycles. The molecule has 0 aromatic carbocycles. The third-order valence-corrected chi connectivity index (χ3v) is 2.92. The van der Waals surface area contributed by atoms with Gasteiger partial charge in [0.05, 0.1) is 11.2 Å². The van der Waals surface area contributed by atoms with E-state index in [0.717, 1.165) is 12.8 Å². The Balaban J connectivity index is 2.66. The third kappa shape index (κ3) is 7.43. The monoisotopic (exact) mass is 345 g/mol. The number of nitrogens with two attached hydrogens (primary N) is 2. The van der Waals surface area contributed by atoms with Gasteiger partial charge in [0.2, 0.25) is 0 Å². The van der Waals surface area contributed by atoms with Crippen LogP contribution in [0.15, 0.2) is 22.5 Å². The smallest absolute Gasteiger partial charge is 0.410 e. The van der Waals surface area contributed by atoms with Crippen LogP contribution in [-0.2, 0) is 4.74 Å². The summed E-state index contributed by atoms with van der Waals surface area (Å²) in [5.74, 6) is 0.576. The van der Waals surface area contributed by atoms with Crippen molar-refractivity contribution in [1.29, 1.82) is 0 Å². The van der Waals surface area contributed by atoms with E-state index < -0.39 is 5.60 Å². The number of rotatable bonds is 5. The van der Waals surface area contributed by atoms with E-state index >= 15 is 0 Å². The third-order valence-electron chi connectivity index (χ3n) is 2.66. The highest BCUT2D eigenvalue weighted by Gasteiger charge is 2.29. The van der Waals surface area contributed by atoms with Gasteiger partial charge >= 0.3 is 6.09 Å². The summed E-state index contributed by atoms with van der Waals surface area (Å²) in [6.45, 7) is 6.61. The van der Waals surface area contributed by atoms with Crippen LogP contribution in [0.2, 0.25) is 0 Å². The summed E-state index contributed by atoms with van der Waals surface area (Å²) >= 11 is 3.12. The Hall–Kier alpha value is -1.17. The maximum absolute atomic E-state index is 12.2. The van der Waals surface area contributed by atoms with Crippen molar-refractivity contribution in [2.75, 3.05) is 13.1 Å². The maximum atomic E-state index is 12.2. The summed E-state index contributed by atoms with van der Waals surface area (Å²) in [5, 5.41) is 0. The van der Waals surface area contributed by atoms with Crippen LogP contribution in [0.1, 0.15) is 33.6 Å². The number of hydrogen-bond acceptors (Lipinski definition) is 4. The van der Waals surface area contributed by atoms with Crippen molar-refractivity contribution in [1.82, 2.24) is 4.90 Å². The van der Waals surface area contributed by atoms with E-state index in [-0.39, 0.29) is 6.09 Å². The Morgan fingerprint density at radius 3 is 2.40 bits per heavy atom. The zero-order valence-electron chi connectivity index (χ0n) is 12.4. The lowest BCUT2D eigenvalue weighted by atomic mass is 10.2. The van der Waals surface area contributed by atoms with Crippen LogP contribution in [0.5, 0.6) is 0 Å². The molecule has 0 aromatic rings. The van der Waals surface area contributed by atoms with Crippen molar-refractivity contribution in [3.63, 3.8) is 0 Å². The fraction of sp³-hybridized carbons (Fsp3) is 0.643. The molecule has 1 saturated carbocycles. The van der Waals surface area contributed by atoms with E-state index in [2.05, 4.69) is 15.9 Å². The van der Waals surface area contributed by atoms with E-state index in [1.54, 1.807) is 17.1 Å². The molecule has 1 aliphatic rings. The molecule has 1 amide bonds. The van der Waals surface area contributed by atoms with E-state index in [4.69, 9.17) is 16.2 Å². The van der Waals surface area contributed by atoms with Crippen LogP contribution in [0.25, 0.3) is 0 Å². The number of halogens is 1. The predicted octanol–water partition coefficient (Wildman–Crippen LogP) is 2.67. The number of carbonyl (C=O) groups is 1. The largest absolute Gasteiger partial charge is 0.444 e. The molecule has 114 valence electrons. The molecule has 0 atom stereocenters. The first kappa shape index (κ1) is 16.9. The van der Waals surface area contributed by atoms with Gasteiger partial charge < -0.3 is 21.1 Å². The molecule has 1 aliphatic carbocycles. The van der Waals surface area contributed by atoms with Crippen LogP contribution in [0.4, 0.5) is 4.79 Å². The van der Waals surface area contributed by atoms with Crippen molar-refractivity contribution in [2.24, 2.45) is 17.4 Å². The normalized spacial score (nSPS) is 17.0. The van der Waals surface area contributed by atoms with Crippen LogP contribution in [-0.4, -0.2) is 29.7 Å². The molecule has 0 bridgehead atoms. The highest BCUT2D eigenvalue weighted by molar-refractivity contribution is 9.11. The van der Waals surface area contributed by atoms with Crippen LogP contribution in [0, 0.1) is 5.92 Å². The predicted molar refractivity (Wildman–Crippen MR) is 84.0 cm³/mol. The average molecular weight is 346 g/mol. The van der Waals surface area contributed by atoms with Crippen molar-refractivity contribution in [3.8, 4) is 0 Å². The fourth-order valence-corrected chi connectivity index (χ4v) is 1.73. The minimum Gasteiger partial charge on any atom is -0.444 e. The Kier molecular flexibility index (Phi) is 5.92. The van der Waals surface area contributed by atoms with Gasteiger partial charge in [-0.05, 0) is 67.6 Å². The number of nitrogens with zero attached hydrogens (tertiary/aromatic N) is 1. The van der Waals surface area contributed by atoms with Crippen LogP contribution >= 0.6 is 15.9 Å². The van der Waals surface area contributed by atoms with Crippen molar-refractivity contribution >= 4 is 22.0 Å². The zero-order valence-corrected chi connectivity index (χ0v) is 13.9. The average Bonchev–Trinajstić information content (AvgIpc) is 3.07. The summed E-state index contributed by atoms with van der Waals surface area (Å²) in [6.07, 6.45) is 5.35. The van der Waals surface area contributed by atoms with Gasteiger partial charge in [0.1, 0.15) is 5.60 Å². The number of amides is 1. The molecule has 1 fully saturated rings. The molecule has 0 saturated heterocycles. The SMILES string of the molecule is CC(C)(C)OC(=O)N(C/C(N)=C/C=C(\N)Br)CC1CC1. The number of allylic oxidation sites excluding steroid dienone is 2. The Morgan fingerprint density at radius 2 is 1.95 bits per heavy atom. The first-order valence-corrected chi connectivity index (χ1v) is 7.52. The number of carbonyl (C=O) groups excluding carboxylic acids is 1. The van der Waals surface area contributed by atoms with Crippen molar-refractivity contribution in [3.05, 3.63) is 22.5 Å². The Labute approximate surface area is 129 Å². The summed E-state index contributed by atoms with van der Waals surface area (Å²) in [4.78, 5) is 13.8. The molecule has 4 N–H and O–H groups in total. The van der Waals surface area contributed by atoms with Gasteiger partial charge in [-0.25, -0.2) is 4.79 Å². The Morgan fingerprint density at radius 1 is 1.35 bits per heavy atom. The van der Waals surface area contributed by atoms with Gasteiger partial charge in [-0.15, -0.1) is 0 Å². The summed E-state index contributed by atoms with van der Waals surface area (Å²) in [6, 6.07) is 0. The quantitative estimate of drug-likeness (QED) is 0.592. The molecular formula is C14H24BrN3O2. The lowest BCUT2D eigenvalue weighted by Gasteiger charge is -2.27. The summed E-state index contributed by atoms with van der Waals surface area (Å²) < 4.78 is 5.90. The molecule has 6 heteroatoms.